The maximum atomic E-state index is 12.5. The second kappa shape index (κ2) is 7.64. The molecule has 128 valence electrons. The lowest BCUT2D eigenvalue weighted by Crippen LogP contribution is -2.52. The molecule has 0 spiro atoms. The number of carbonyl (C=O) groups excluding carboxylic acids is 1. The Balaban J connectivity index is 1.51. The van der Waals surface area contributed by atoms with E-state index in [2.05, 4.69) is 30.1 Å². The van der Waals surface area contributed by atoms with Crippen molar-refractivity contribution in [2.75, 3.05) is 26.2 Å². The van der Waals surface area contributed by atoms with E-state index in [1.54, 1.807) is 11.3 Å². The lowest BCUT2D eigenvalue weighted by molar-refractivity contribution is -0.0713. The van der Waals surface area contributed by atoms with E-state index < -0.39 is 0 Å². The quantitative estimate of drug-likeness (QED) is 0.918. The van der Waals surface area contributed by atoms with E-state index in [1.165, 1.54) is 4.88 Å². The van der Waals surface area contributed by atoms with Crippen LogP contribution in [0.1, 0.15) is 31.6 Å². The summed E-state index contributed by atoms with van der Waals surface area (Å²) in [5.74, 6) is 0. The summed E-state index contributed by atoms with van der Waals surface area (Å²) >= 11 is 1.68. The van der Waals surface area contributed by atoms with E-state index >= 15 is 0 Å². The number of carbonyl (C=O) groups is 1. The zero-order valence-electron chi connectivity index (χ0n) is 14.0. The standard InChI is InChI=1S/C17H27N3O2S/c1-13-10-19(11-14(2)22-13)12-15-5-3-7-20(15)17(21)18-9-16-6-4-8-23-16/h4,6,8,13-15H,3,5,7,9-12H2,1-2H3,(H,18,21)/t13-,14+,15-/m1/s1. The highest BCUT2D eigenvalue weighted by Crippen LogP contribution is 2.21. The Morgan fingerprint density at radius 1 is 1.39 bits per heavy atom. The molecule has 6 heteroatoms. The number of amides is 2. The van der Waals surface area contributed by atoms with Gasteiger partial charge in [0.05, 0.1) is 18.8 Å². The molecular formula is C17H27N3O2S. The van der Waals surface area contributed by atoms with Gasteiger partial charge in [-0.3, -0.25) is 4.90 Å². The van der Waals surface area contributed by atoms with Crippen LogP contribution in [0, 0.1) is 0 Å². The Hall–Kier alpha value is -1.11. The fourth-order valence-corrected chi connectivity index (χ4v) is 4.35. The number of hydrogen-bond acceptors (Lipinski definition) is 4. The van der Waals surface area contributed by atoms with Gasteiger partial charge in [0, 0.05) is 37.1 Å². The lowest BCUT2D eigenvalue weighted by Gasteiger charge is -2.38. The Morgan fingerprint density at radius 3 is 2.87 bits per heavy atom. The number of likely N-dealkylation sites (tertiary alicyclic amines) is 1. The summed E-state index contributed by atoms with van der Waals surface area (Å²) in [6.07, 6.45) is 2.77. The first-order valence-electron chi connectivity index (χ1n) is 8.56. The molecule has 23 heavy (non-hydrogen) atoms. The molecule has 2 aliphatic rings. The predicted molar refractivity (Wildman–Crippen MR) is 92.7 cm³/mol. The first kappa shape index (κ1) is 16.7. The van der Waals surface area contributed by atoms with Gasteiger partial charge in [-0.05, 0) is 38.1 Å². The number of rotatable bonds is 4. The van der Waals surface area contributed by atoms with Crippen molar-refractivity contribution in [2.45, 2.75) is 51.5 Å². The van der Waals surface area contributed by atoms with Crippen LogP contribution in [0.3, 0.4) is 0 Å². The highest BCUT2D eigenvalue weighted by Gasteiger charge is 2.32. The zero-order valence-corrected chi connectivity index (χ0v) is 14.8. The van der Waals surface area contributed by atoms with Crippen molar-refractivity contribution in [3.8, 4) is 0 Å². The minimum Gasteiger partial charge on any atom is -0.373 e. The minimum absolute atomic E-state index is 0.0789. The molecule has 0 aliphatic carbocycles. The third-order valence-electron chi connectivity index (χ3n) is 4.60. The molecule has 3 atom stereocenters. The molecule has 3 heterocycles. The molecule has 3 rings (SSSR count). The summed E-state index contributed by atoms with van der Waals surface area (Å²) in [5.41, 5.74) is 0. The number of hydrogen-bond donors (Lipinski definition) is 1. The largest absolute Gasteiger partial charge is 0.373 e. The van der Waals surface area contributed by atoms with Gasteiger partial charge in [0.1, 0.15) is 0 Å². The van der Waals surface area contributed by atoms with Gasteiger partial charge in [0.25, 0.3) is 0 Å². The van der Waals surface area contributed by atoms with Crippen molar-refractivity contribution in [1.82, 2.24) is 15.1 Å². The Kier molecular flexibility index (Phi) is 5.56. The summed E-state index contributed by atoms with van der Waals surface area (Å²) in [5, 5.41) is 5.11. The fourth-order valence-electron chi connectivity index (χ4n) is 3.70. The third kappa shape index (κ3) is 4.46. The van der Waals surface area contributed by atoms with Crippen molar-refractivity contribution in [3.05, 3.63) is 22.4 Å². The van der Waals surface area contributed by atoms with Crippen LogP contribution in [0.4, 0.5) is 4.79 Å². The van der Waals surface area contributed by atoms with Crippen LogP contribution in [0.25, 0.3) is 0 Å². The van der Waals surface area contributed by atoms with E-state index in [0.29, 0.717) is 12.6 Å². The normalized spacial score (nSPS) is 29.0. The fraction of sp³-hybridized carbons (Fsp3) is 0.706. The van der Waals surface area contributed by atoms with Gasteiger partial charge in [-0.1, -0.05) is 6.07 Å². The van der Waals surface area contributed by atoms with Crippen LogP contribution in [-0.2, 0) is 11.3 Å². The highest BCUT2D eigenvalue weighted by atomic mass is 32.1. The first-order valence-corrected chi connectivity index (χ1v) is 9.44. The van der Waals surface area contributed by atoms with Crippen LogP contribution in [0.2, 0.25) is 0 Å². The van der Waals surface area contributed by atoms with Crippen molar-refractivity contribution in [1.29, 1.82) is 0 Å². The molecule has 0 radical (unpaired) electrons. The summed E-state index contributed by atoms with van der Waals surface area (Å²) in [6, 6.07) is 4.49. The third-order valence-corrected chi connectivity index (χ3v) is 5.47. The average molecular weight is 337 g/mol. The molecule has 1 aromatic rings. The van der Waals surface area contributed by atoms with Crippen molar-refractivity contribution >= 4 is 17.4 Å². The zero-order chi connectivity index (χ0) is 16.2. The second-order valence-corrected chi connectivity index (χ2v) is 7.74. The van der Waals surface area contributed by atoms with Crippen LogP contribution in [-0.4, -0.2) is 60.3 Å². The van der Waals surface area contributed by atoms with Crippen molar-refractivity contribution < 1.29 is 9.53 Å². The van der Waals surface area contributed by atoms with Gasteiger partial charge in [-0.2, -0.15) is 0 Å². The van der Waals surface area contributed by atoms with Crippen LogP contribution in [0.15, 0.2) is 17.5 Å². The number of thiophene rings is 1. The van der Waals surface area contributed by atoms with E-state index in [9.17, 15) is 4.79 Å². The molecule has 5 nitrogen and oxygen atoms in total. The molecule has 2 amide bonds. The average Bonchev–Trinajstić information content (AvgIpc) is 3.15. The molecule has 2 saturated heterocycles. The van der Waals surface area contributed by atoms with Gasteiger partial charge < -0.3 is 15.0 Å². The van der Waals surface area contributed by atoms with E-state index in [0.717, 1.165) is 39.0 Å². The number of urea groups is 1. The topological polar surface area (TPSA) is 44.8 Å². The van der Waals surface area contributed by atoms with Gasteiger partial charge in [-0.25, -0.2) is 4.79 Å². The predicted octanol–water partition coefficient (Wildman–Crippen LogP) is 2.53. The highest BCUT2D eigenvalue weighted by molar-refractivity contribution is 7.09. The van der Waals surface area contributed by atoms with Crippen molar-refractivity contribution in [3.63, 3.8) is 0 Å². The minimum atomic E-state index is 0.0789. The Morgan fingerprint density at radius 2 is 2.17 bits per heavy atom. The van der Waals surface area contributed by atoms with E-state index in [1.807, 2.05) is 16.3 Å². The summed E-state index contributed by atoms with van der Waals surface area (Å²) in [7, 11) is 0. The molecule has 0 bridgehead atoms. The van der Waals surface area contributed by atoms with Gasteiger partial charge in [0.15, 0.2) is 0 Å². The maximum Gasteiger partial charge on any atom is 0.317 e. The molecule has 0 saturated carbocycles. The van der Waals surface area contributed by atoms with Gasteiger partial charge >= 0.3 is 6.03 Å². The molecule has 2 aliphatic heterocycles. The monoisotopic (exact) mass is 337 g/mol. The summed E-state index contributed by atoms with van der Waals surface area (Å²) in [4.78, 5) is 18.2. The Labute approximate surface area is 142 Å². The molecule has 2 fully saturated rings. The Bertz CT molecular complexity index is 498. The van der Waals surface area contributed by atoms with E-state index in [-0.39, 0.29) is 18.2 Å². The summed E-state index contributed by atoms with van der Waals surface area (Å²) in [6.45, 7) is 8.65. The van der Waals surface area contributed by atoms with Crippen LogP contribution in [0.5, 0.6) is 0 Å². The number of ether oxygens (including phenoxy) is 1. The lowest BCUT2D eigenvalue weighted by atomic mass is 10.1. The molecule has 0 unspecified atom stereocenters. The van der Waals surface area contributed by atoms with Gasteiger partial charge in [-0.15, -0.1) is 11.3 Å². The summed E-state index contributed by atoms with van der Waals surface area (Å²) < 4.78 is 5.80. The molecular weight excluding hydrogens is 310 g/mol. The SMILES string of the molecule is C[C@@H]1CN(C[C@H]2CCCN2C(=O)NCc2cccs2)C[C@H](C)O1. The number of nitrogens with one attached hydrogen (secondary N) is 1. The van der Waals surface area contributed by atoms with Crippen LogP contribution >= 0.6 is 11.3 Å². The van der Waals surface area contributed by atoms with Crippen molar-refractivity contribution in [2.24, 2.45) is 0 Å². The number of nitrogens with zero attached hydrogens (tertiary/aromatic N) is 2. The molecule has 1 aromatic heterocycles. The van der Waals surface area contributed by atoms with Gasteiger partial charge in [0.2, 0.25) is 0 Å². The number of morpholine rings is 1. The second-order valence-electron chi connectivity index (χ2n) is 6.70. The molecule has 0 aromatic carbocycles. The van der Waals surface area contributed by atoms with E-state index in [4.69, 9.17) is 4.74 Å². The maximum absolute atomic E-state index is 12.5. The first-order chi connectivity index (χ1) is 11.1. The van der Waals surface area contributed by atoms with Crippen LogP contribution < -0.4 is 5.32 Å². The molecule has 1 N–H and O–H groups in total. The smallest absolute Gasteiger partial charge is 0.317 e.